The molecule has 23 heavy (non-hydrogen) atoms. The van der Waals surface area contributed by atoms with Gasteiger partial charge in [-0.3, -0.25) is 4.79 Å². The van der Waals surface area contributed by atoms with Crippen LogP contribution in [0.4, 0.5) is 5.69 Å². The first kappa shape index (κ1) is 16.4. The van der Waals surface area contributed by atoms with Gasteiger partial charge in [-0.1, -0.05) is 12.1 Å². The van der Waals surface area contributed by atoms with Crippen molar-refractivity contribution in [1.29, 1.82) is 0 Å². The number of benzene rings is 2. The number of nitrogens with one attached hydrogen (secondary N) is 1. The fourth-order valence-corrected chi connectivity index (χ4v) is 1.85. The van der Waals surface area contributed by atoms with Crippen LogP contribution >= 0.6 is 0 Å². The summed E-state index contributed by atoms with van der Waals surface area (Å²) in [5.41, 5.74) is 1.37. The Balaban J connectivity index is 1.90. The highest BCUT2D eigenvalue weighted by atomic mass is 16.5. The van der Waals surface area contributed by atoms with Gasteiger partial charge in [-0.25, -0.2) is 4.79 Å². The van der Waals surface area contributed by atoms with E-state index in [-0.39, 0.29) is 11.3 Å². The minimum Gasteiger partial charge on any atom is -0.508 e. The smallest absolute Gasteiger partial charge is 0.338 e. The number of amides is 1. The lowest BCUT2D eigenvalue weighted by molar-refractivity contribution is -0.119. The number of hydrogen-bond donors (Lipinski definition) is 2. The van der Waals surface area contributed by atoms with Crippen LogP contribution in [0.25, 0.3) is 0 Å². The summed E-state index contributed by atoms with van der Waals surface area (Å²) in [5, 5.41) is 12.2. The topological polar surface area (TPSA) is 84.9 Å². The zero-order chi connectivity index (χ0) is 16.8. The van der Waals surface area contributed by atoms with Gasteiger partial charge < -0.3 is 19.9 Å². The van der Waals surface area contributed by atoms with Crippen molar-refractivity contribution in [2.24, 2.45) is 0 Å². The largest absolute Gasteiger partial charge is 0.508 e. The van der Waals surface area contributed by atoms with Gasteiger partial charge in [0.2, 0.25) is 0 Å². The molecule has 0 unspecified atom stereocenters. The quantitative estimate of drug-likeness (QED) is 0.828. The molecule has 2 aromatic carbocycles. The van der Waals surface area contributed by atoms with E-state index >= 15 is 0 Å². The van der Waals surface area contributed by atoms with E-state index in [1.807, 2.05) is 0 Å². The van der Waals surface area contributed by atoms with Gasteiger partial charge in [-0.15, -0.1) is 0 Å². The van der Waals surface area contributed by atoms with Crippen LogP contribution in [-0.4, -0.2) is 30.7 Å². The van der Waals surface area contributed by atoms with Crippen molar-refractivity contribution in [3.8, 4) is 11.5 Å². The minimum absolute atomic E-state index is 0.000261. The SMILES string of the molecule is COc1cccc(NC(=O)COC(=O)c2ccc(C)c(O)c2)c1. The van der Waals surface area contributed by atoms with E-state index in [1.54, 1.807) is 37.3 Å². The Morgan fingerprint density at radius 1 is 1.17 bits per heavy atom. The molecule has 0 radical (unpaired) electrons. The summed E-state index contributed by atoms with van der Waals surface area (Å²) in [6.45, 7) is 1.29. The van der Waals surface area contributed by atoms with Crippen LogP contribution in [0.2, 0.25) is 0 Å². The van der Waals surface area contributed by atoms with E-state index in [9.17, 15) is 14.7 Å². The average Bonchev–Trinajstić information content (AvgIpc) is 2.55. The number of ether oxygens (including phenoxy) is 2. The van der Waals surface area contributed by atoms with E-state index in [4.69, 9.17) is 9.47 Å². The summed E-state index contributed by atoms with van der Waals surface area (Å²) in [7, 11) is 1.53. The van der Waals surface area contributed by atoms with Crippen molar-refractivity contribution >= 4 is 17.6 Å². The number of esters is 1. The molecule has 120 valence electrons. The summed E-state index contributed by atoms with van der Waals surface area (Å²) < 4.78 is 9.97. The summed E-state index contributed by atoms with van der Waals surface area (Å²) in [5.74, 6) is -0.542. The van der Waals surface area contributed by atoms with E-state index in [2.05, 4.69) is 5.32 Å². The molecule has 0 aliphatic heterocycles. The molecule has 6 heteroatoms. The number of carbonyl (C=O) groups excluding carboxylic acids is 2. The van der Waals surface area contributed by atoms with Crippen molar-refractivity contribution in [3.63, 3.8) is 0 Å². The number of aromatic hydroxyl groups is 1. The fraction of sp³-hybridized carbons (Fsp3) is 0.176. The number of rotatable bonds is 5. The molecule has 0 bridgehead atoms. The molecule has 2 N–H and O–H groups in total. The first-order valence-electron chi connectivity index (χ1n) is 6.90. The normalized spacial score (nSPS) is 10.0. The molecule has 0 heterocycles. The highest BCUT2D eigenvalue weighted by molar-refractivity contribution is 5.95. The Labute approximate surface area is 133 Å². The number of anilines is 1. The number of hydrogen-bond acceptors (Lipinski definition) is 5. The Hall–Kier alpha value is -3.02. The van der Waals surface area contributed by atoms with E-state index < -0.39 is 18.5 Å². The van der Waals surface area contributed by atoms with Gasteiger partial charge in [0.15, 0.2) is 6.61 Å². The van der Waals surface area contributed by atoms with Crippen LogP contribution in [0.3, 0.4) is 0 Å². The Bertz CT molecular complexity index is 727. The second-order valence-corrected chi connectivity index (χ2v) is 4.86. The third kappa shape index (κ3) is 4.47. The van der Waals surface area contributed by atoms with Crippen molar-refractivity contribution in [3.05, 3.63) is 53.6 Å². The van der Waals surface area contributed by atoms with Crippen LogP contribution in [0.15, 0.2) is 42.5 Å². The molecule has 0 fully saturated rings. The first-order valence-corrected chi connectivity index (χ1v) is 6.90. The molecule has 0 aliphatic rings. The van der Waals surface area contributed by atoms with E-state index in [1.165, 1.54) is 19.2 Å². The van der Waals surface area contributed by atoms with E-state index in [0.29, 0.717) is 17.0 Å². The maximum Gasteiger partial charge on any atom is 0.338 e. The molecule has 0 atom stereocenters. The van der Waals surface area contributed by atoms with Gasteiger partial charge >= 0.3 is 5.97 Å². The number of phenolic OH excluding ortho intramolecular Hbond substituents is 1. The Morgan fingerprint density at radius 3 is 2.65 bits per heavy atom. The second kappa shape index (κ2) is 7.31. The standard InChI is InChI=1S/C17H17NO5/c1-11-6-7-12(8-15(11)19)17(21)23-10-16(20)18-13-4-3-5-14(9-13)22-2/h3-9,19H,10H2,1-2H3,(H,18,20). The number of phenols is 1. The summed E-state index contributed by atoms with van der Waals surface area (Å²) in [6, 6.07) is 11.3. The molecule has 2 rings (SSSR count). The molecular weight excluding hydrogens is 298 g/mol. The van der Waals surface area contributed by atoms with Crippen molar-refractivity contribution < 1.29 is 24.2 Å². The molecule has 0 aliphatic carbocycles. The van der Waals surface area contributed by atoms with Gasteiger partial charge in [0.25, 0.3) is 5.91 Å². The molecular formula is C17H17NO5. The third-order valence-electron chi connectivity index (χ3n) is 3.13. The van der Waals surface area contributed by atoms with Gasteiger partial charge in [0.05, 0.1) is 12.7 Å². The number of carbonyl (C=O) groups is 2. The zero-order valence-electron chi connectivity index (χ0n) is 12.8. The highest BCUT2D eigenvalue weighted by Gasteiger charge is 2.12. The summed E-state index contributed by atoms with van der Waals surface area (Å²) in [4.78, 5) is 23.6. The maximum atomic E-state index is 11.8. The predicted octanol–water partition coefficient (Wildman–Crippen LogP) is 2.50. The van der Waals surface area contributed by atoms with Crippen molar-refractivity contribution in [2.75, 3.05) is 19.0 Å². The lowest BCUT2D eigenvalue weighted by Crippen LogP contribution is -2.20. The minimum atomic E-state index is -0.680. The fourth-order valence-electron chi connectivity index (χ4n) is 1.85. The average molecular weight is 315 g/mol. The predicted molar refractivity (Wildman–Crippen MR) is 84.8 cm³/mol. The van der Waals surface area contributed by atoms with Gasteiger partial charge in [-0.05, 0) is 36.8 Å². The molecule has 0 aromatic heterocycles. The Morgan fingerprint density at radius 2 is 1.96 bits per heavy atom. The maximum absolute atomic E-state index is 11.8. The van der Waals surface area contributed by atoms with Crippen LogP contribution in [-0.2, 0) is 9.53 Å². The van der Waals surface area contributed by atoms with Gasteiger partial charge in [0, 0.05) is 11.8 Å². The lowest BCUT2D eigenvalue weighted by atomic mass is 10.1. The monoisotopic (exact) mass is 315 g/mol. The van der Waals surface area contributed by atoms with Crippen LogP contribution in [0, 0.1) is 6.92 Å². The third-order valence-corrected chi connectivity index (χ3v) is 3.13. The summed E-state index contributed by atoms with van der Waals surface area (Å²) >= 11 is 0. The number of methoxy groups -OCH3 is 1. The molecule has 6 nitrogen and oxygen atoms in total. The van der Waals surface area contributed by atoms with Crippen molar-refractivity contribution in [1.82, 2.24) is 0 Å². The van der Waals surface area contributed by atoms with Crippen molar-refractivity contribution in [2.45, 2.75) is 6.92 Å². The molecule has 0 spiro atoms. The van der Waals surface area contributed by atoms with Crippen LogP contribution in [0.5, 0.6) is 11.5 Å². The van der Waals surface area contributed by atoms with Gasteiger partial charge in [0.1, 0.15) is 11.5 Å². The van der Waals surface area contributed by atoms with E-state index in [0.717, 1.165) is 0 Å². The second-order valence-electron chi connectivity index (χ2n) is 4.86. The molecule has 0 saturated heterocycles. The number of aryl methyl sites for hydroxylation is 1. The van der Waals surface area contributed by atoms with Gasteiger partial charge in [-0.2, -0.15) is 0 Å². The zero-order valence-corrected chi connectivity index (χ0v) is 12.8. The first-order chi connectivity index (χ1) is 11.0. The van der Waals surface area contributed by atoms with Crippen LogP contribution < -0.4 is 10.1 Å². The highest BCUT2D eigenvalue weighted by Crippen LogP contribution is 2.18. The lowest BCUT2D eigenvalue weighted by Gasteiger charge is -2.08. The molecule has 2 aromatic rings. The molecule has 1 amide bonds. The Kier molecular flexibility index (Phi) is 5.19. The summed E-state index contributed by atoms with van der Waals surface area (Å²) in [6.07, 6.45) is 0. The van der Waals surface area contributed by atoms with Crippen LogP contribution in [0.1, 0.15) is 15.9 Å². The molecule has 0 saturated carbocycles.